The summed E-state index contributed by atoms with van der Waals surface area (Å²) < 4.78 is 1.81. The van der Waals surface area contributed by atoms with Gasteiger partial charge in [-0.25, -0.2) is 9.50 Å². The van der Waals surface area contributed by atoms with Crippen molar-refractivity contribution in [2.75, 3.05) is 5.75 Å². The van der Waals surface area contributed by atoms with Gasteiger partial charge in [-0.15, -0.1) is 16.4 Å². The fourth-order valence-electron chi connectivity index (χ4n) is 2.75. The molecular formula is C18H22N4OS2. The van der Waals surface area contributed by atoms with Crippen molar-refractivity contribution < 1.29 is 4.79 Å². The number of Topliss-reactive ketones (excluding diaryl/α,β-unsaturated/α-hetero) is 1. The van der Waals surface area contributed by atoms with Gasteiger partial charge in [0.15, 0.2) is 5.78 Å². The zero-order valence-corrected chi connectivity index (χ0v) is 16.6. The Morgan fingerprint density at radius 2 is 2.04 bits per heavy atom. The van der Waals surface area contributed by atoms with E-state index in [0.717, 1.165) is 40.4 Å². The molecule has 0 saturated carbocycles. The molecule has 3 rings (SSSR count). The molecule has 5 nitrogen and oxygen atoms in total. The van der Waals surface area contributed by atoms with E-state index in [2.05, 4.69) is 28.9 Å². The van der Waals surface area contributed by atoms with Gasteiger partial charge < -0.3 is 0 Å². The molecule has 0 bridgehead atoms. The average Bonchev–Trinajstić information content (AvgIpc) is 3.19. The van der Waals surface area contributed by atoms with Crippen molar-refractivity contribution in [2.24, 2.45) is 0 Å². The number of rotatable bonds is 7. The van der Waals surface area contributed by atoms with Gasteiger partial charge in [0.2, 0.25) is 5.16 Å². The fraction of sp³-hybridized carbons (Fsp3) is 0.444. The first-order chi connectivity index (χ1) is 12.0. The Morgan fingerprint density at radius 1 is 1.24 bits per heavy atom. The molecule has 0 N–H and O–H groups in total. The molecule has 0 aliphatic carbocycles. The monoisotopic (exact) mass is 374 g/mol. The second-order valence-corrected chi connectivity index (χ2v) is 8.32. The molecule has 0 aliphatic rings. The van der Waals surface area contributed by atoms with E-state index in [4.69, 9.17) is 0 Å². The quantitative estimate of drug-likeness (QED) is 0.452. The SMILES string of the molecule is CCCCc1c(C)nc2nc(SCC(=O)c3ccc(C)s3)nn2c1C. The van der Waals surface area contributed by atoms with Crippen molar-refractivity contribution in [3.05, 3.63) is 38.8 Å². The lowest BCUT2D eigenvalue weighted by atomic mass is 10.1. The molecule has 0 aromatic carbocycles. The second kappa shape index (κ2) is 7.66. The van der Waals surface area contributed by atoms with Crippen molar-refractivity contribution in [1.29, 1.82) is 0 Å². The number of unbranched alkanes of at least 4 members (excludes halogenated alkanes) is 1. The van der Waals surface area contributed by atoms with E-state index in [1.54, 1.807) is 4.52 Å². The average molecular weight is 375 g/mol. The molecule has 0 aliphatic heterocycles. The summed E-state index contributed by atoms with van der Waals surface area (Å²) in [6.45, 7) is 8.29. The van der Waals surface area contributed by atoms with E-state index in [1.807, 2.05) is 26.0 Å². The molecule has 25 heavy (non-hydrogen) atoms. The lowest BCUT2D eigenvalue weighted by Crippen LogP contribution is -2.05. The van der Waals surface area contributed by atoms with Crippen LogP contribution in [0.1, 0.15) is 51.3 Å². The van der Waals surface area contributed by atoms with E-state index < -0.39 is 0 Å². The summed E-state index contributed by atoms with van der Waals surface area (Å²) in [6.07, 6.45) is 3.30. The number of fused-ring (bicyclic) bond motifs is 1. The van der Waals surface area contributed by atoms with Crippen molar-refractivity contribution in [3.8, 4) is 0 Å². The van der Waals surface area contributed by atoms with Gasteiger partial charge in [0.1, 0.15) is 0 Å². The number of hydrogen-bond acceptors (Lipinski definition) is 6. The maximum absolute atomic E-state index is 12.3. The standard InChI is InChI=1S/C18H22N4OS2/c1-5-6-7-14-12(3)19-17-20-18(21-22(17)13(14)4)24-10-15(23)16-9-8-11(2)25-16/h8-9H,5-7,10H2,1-4H3. The molecule has 3 aromatic heterocycles. The third kappa shape index (κ3) is 3.93. The van der Waals surface area contributed by atoms with Crippen LogP contribution in [0.3, 0.4) is 0 Å². The minimum absolute atomic E-state index is 0.117. The molecule has 7 heteroatoms. The van der Waals surface area contributed by atoms with Gasteiger partial charge in [-0.3, -0.25) is 4.79 Å². The summed E-state index contributed by atoms with van der Waals surface area (Å²) in [6, 6.07) is 3.86. The smallest absolute Gasteiger partial charge is 0.253 e. The number of hydrogen-bond donors (Lipinski definition) is 0. The Balaban J connectivity index is 1.79. The van der Waals surface area contributed by atoms with Crippen LogP contribution < -0.4 is 0 Å². The van der Waals surface area contributed by atoms with E-state index in [1.165, 1.54) is 28.7 Å². The normalized spacial score (nSPS) is 11.4. The molecule has 0 amide bonds. The predicted octanol–water partition coefficient (Wildman–Crippen LogP) is 4.43. The third-order valence-corrected chi connectivity index (χ3v) is 6.04. The van der Waals surface area contributed by atoms with Crippen molar-refractivity contribution in [1.82, 2.24) is 19.6 Å². The lowest BCUT2D eigenvalue weighted by Gasteiger charge is -2.09. The van der Waals surface area contributed by atoms with Crippen molar-refractivity contribution in [2.45, 2.75) is 52.1 Å². The first kappa shape index (κ1) is 18.1. The number of carbonyl (C=O) groups is 1. The second-order valence-electron chi connectivity index (χ2n) is 6.09. The van der Waals surface area contributed by atoms with E-state index in [0.29, 0.717) is 16.7 Å². The van der Waals surface area contributed by atoms with Crippen LogP contribution in [0.15, 0.2) is 17.3 Å². The predicted molar refractivity (Wildman–Crippen MR) is 103 cm³/mol. The van der Waals surface area contributed by atoms with Gasteiger partial charge in [0.25, 0.3) is 5.78 Å². The maximum Gasteiger partial charge on any atom is 0.253 e. The number of thioether (sulfide) groups is 1. The minimum Gasteiger partial charge on any atom is -0.292 e. The maximum atomic E-state index is 12.3. The Morgan fingerprint density at radius 3 is 2.72 bits per heavy atom. The zero-order valence-electron chi connectivity index (χ0n) is 15.0. The van der Waals surface area contributed by atoms with Crippen LogP contribution >= 0.6 is 23.1 Å². The molecule has 3 aromatic rings. The van der Waals surface area contributed by atoms with Crippen molar-refractivity contribution >= 4 is 34.7 Å². The number of thiophene rings is 1. The highest BCUT2D eigenvalue weighted by Gasteiger charge is 2.15. The molecule has 3 heterocycles. The third-order valence-electron chi connectivity index (χ3n) is 4.16. The molecular weight excluding hydrogens is 352 g/mol. The lowest BCUT2D eigenvalue weighted by molar-refractivity contribution is 0.102. The Labute approximate surface area is 155 Å². The number of aromatic nitrogens is 4. The molecule has 0 unspecified atom stereocenters. The van der Waals surface area contributed by atoms with Gasteiger partial charge in [-0.1, -0.05) is 25.1 Å². The van der Waals surface area contributed by atoms with Gasteiger partial charge in [0.05, 0.1) is 10.6 Å². The van der Waals surface area contributed by atoms with E-state index in [-0.39, 0.29) is 5.78 Å². The molecule has 0 atom stereocenters. The van der Waals surface area contributed by atoms with Gasteiger partial charge >= 0.3 is 0 Å². The highest BCUT2D eigenvalue weighted by atomic mass is 32.2. The zero-order chi connectivity index (χ0) is 18.0. The van der Waals surface area contributed by atoms with Crippen molar-refractivity contribution in [3.63, 3.8) is 0 Å². The Hall–Kier alpha value is -1.73. The molecule has 132 valence electrons. The largest absolute Gasteiger partial charge is 0.292 e. The minimum atomic E-state index is 0.117. The van der Waals surface area contributed by atoms with Gasteiger partial charge in [0, 0.05) is 16.3 Å². The van der Waals surface area contributed by atoms with Crippen LogP contribution in [0.4, 0.5) is 0 Å². The van der Waals surface area contributed by atoms with E-state index >= 15 is 0 Å². The number of carbonyl (C=O) groups excluding carboxylic acids is 1. The fourth-order valence-corrected chi connectivity index (χ4v) is 4.35. The Bertz CT molecular complexity index is 913. The first-order valence-electron chi connectivity index (χ1n) is 8.45. The van der Waals surface area contributed by atoms with Crippen LogP contribution in [0.2, 0.25) is 0 Å². The van der Waals surface area contributed by atoms with Gasteiger partial charge in [-0.05, 0) is 51.3 Å². The van der Waals surface area contributed by atoms with Gasteiger partial charge in [-0.2, -0.15) is 4.98 Å². The molecule has 0 spiro atoms. The summed E-state index contributed by atoms with van der Waals surface area (Å²) in [5.41, 5.74) is 3.36. The topological polar surface area (TPSA) is 60.2 Å². The summed E-state index contributed by atoms with van der Waals surface area (Å²) in [4.78, 5) is 23.3. The summed E-state index contributed by atoms with van der Waals surface area (Å²) in [7, 11) is 0. The summed E-state index contributed by atoms with van der Waals surface area (Å²) in [5.74, 6) is 1.07. The van der Waals surface area contributed by atoms with Crippen LogP contribution in [0, 0.1) is 20.8 Å². The summed E-state index contributed by atoms with van der Waals surface area (Å²) in [5, 5.41) is 5.15. The number of ketones is 1. The summed E-state index contributed by atoms with van der Waals surface area (Å²) >= 11 is 2.90. The highest BCUT2D eigenvalue weighted by molar-refractivity contribution is 7.99. The van der Waals surface area contributed by atoms with E-state index in [9.17, 15) is 4.79 Å². The van der Waals surface area contributed by atoms with Crippen LogP contribution in [0.25, 0.3) is 5.78 Å². The number of aryl methyl sites for hydroxylation is 3. The van der Waals surface area contributed by atoms with Crippen LogP contribution in [0.5, 0.6) is 0 Å². The van der Waals surface area contributed by atoms with Crippen LogP contribution in [-0.2, 0) is 6.42 Å². The first-order valence-corrected chi connectivity index (χ1v) is 10.2. The van der Waals surface area contributed by atoms with Crippen LogP contribution in [-0.4, -0.2) is 31.1 Å². The molecule has 0 saturated heterocycles. The Kier molecular flexibility index (Phi) is 5.54. The molecule has 0 fully saturated rings. The highest BCUT2D eigenvalue weighted by Crippen LogP contribution is 2.22. The number of nitrogens with zero attached hydrogens (tertiary/aromatic N) is 4. The molecule has 0 radical (unpaired) electrons.